The molecule has 25 heavy (non-hydrogen) atoms. The topological polar surface area (TPSA) is 32.3 Å². The van der Waals surface area contributed by atoms with Crippen molar-refractivity contribution < 1.29 is 4.79 Å². The second-order valence-electron chi connectivity index (χ2n) is 6.36. The number of rotatable bonds is 7. The predicted octanol–water partition coefficient (Wildman–Crippen LogP) is 4.93. The molecule has 134 valence electrons. The number of halogens is 1. The summed E-state index contributed by atoms with van der Waals surface area (Å²) >= 11 is 7.65. The van der Waals surface area contributed by atoms with Crippen molar-refractivity contribution in [2.45, 2.75) is 25.7 Å². The van der Waals surface area contributed by atoms with E-state index in [-0.39, 0.29) is 5.91 Å². The number of amides is 1. The molecule has 0 heterocycles. The van der Waals surface area contributed by atoms with E-state index in [1.165, 1.54) is 10.5 Å². The van der Waals surface area contributed by atoms with Gasteiger partial charge in [0.05, 0.1) is 6.54 Å². The highest BCUT2D eigenvalue weighted by Crippen LogP contribution is 2.22. The number of thioether (sulfide) groups is 1. The van der Waals surface area contributed by atoms with E-state index in [0.717, 1.165) is 34.1 Å². The highest BCUT2D eigenvalue weighted by Gasteiger charge is 2.10. The van der Waals surface area contributed by atoms with E-state index >= 15 is 0 Å². The predicted molar refractivity (Wildman–Crippen MR) is 109 cm³/mol. The van der Waals surface area contributed by atoms with Crippen LogP contribution in [-0.4, -0.2) is 36.7 Å². The molecule has 3 nitrogen and oxygen atoms in total. The Hall–Kier alpha value is -1.49. The van der Waals surface area contributed by atoms with Gasteiger partial charge in [-0.25, -0.2) is 0 Å². The molecule has 0 unspecified atom stereocenters. The van der Waals surface area contributed by atoms with Crippen LogP contribution in [0, 0.1) is 20.8 Å². The fraction of sp³-hybridized carbons (Fsp3) is 0.350. The SMILES string of the molecule is Cc1cc(C)c(NC(=O)CN(C)CCSc2ccc(Cl)cc2)c(C)c1. The van der Waals surface area contributed by atoms with Crippen molar-refractivity contribution in [2.75, 3.05) is 31.2 Å². The molecule has 0 aromatic heterocycles. The van der Waals surface area contributed by atoms with Crippen LogP contribution in [0.2, 0.25) is 5.02 Å². The highest BCUT2D eigenvalue weighted by atomic mass is 35.5. The number of hydrogen-bond donors (Lipinski definition) is 1. The van der Waals surface area contributed by atoms with Gasteiger partial charge in [0.2, 0.25) is 5.91 Å². The van der Waals surface area contributed by atoms with Crippen molar-refractivity contribution in [3.8, 4) is 0 Å². The van der Waals surface area contributed by atoms with Gasteiger partial charge >= 0.3 is 0 Å². The summed E-state index contributed by atoms with van der Waals surface area (Å²) < 4.78 is 0. The molecule has 1 N–H and O–H groups in total. The van der Waals surface area contributed by atoms with Gasteiger partial charge in [0.1, 0.15) is 0 Å². The number of benzene rings is 2. The van der Waals surface area contributed by atoms with Crippen molar-refractivity contribution in [3.05, 3.63) is 58.1 Å². The molecule has 2 aromatic rings. The van der Waals surface area contributed by atoms with Crippen LogP contribution in [0.4, 0.5) is 5.69 Å². The summed E-state index contributed by atoms with van der Waals surface area (Å²) in [5, 5.41) is 3.80. The van der Waals surface area contributed by atoms with Gasteiger partial charge in [0.25, 0.3) is 0 Å². The number of likely N-dealkylation sites (N-methyl/N-ethyl adjacent to an activating group) is 1. The Balaban J connectivity index is 1.79. The third kappa shape index (κ3) is 6.38. The number of hydrogen-bond acceptors (Lipinski definition) is 3. The molecule has 0 radical (unpaired) electrons. The Morgan fingerprint density at radius 1 is 1.12 bits per heavy atom. The molecule has 0 saturated heterocycles. The van der Waals surface area contributed by atoms with Gasteiger partial charge in [-0.15, -0.1) is 11.8 Å². The molecular formula is C20H25ClN2OS. The number of carbonyl (C=O) groups excluding carboxylic acids is 1. The quantitative estimate of drug-likeness (QED) is 0.695. The summed E-state index contributed by atoms with van der Waals surface area (Å²) in [5.74, 6) is 0.947. The molecule has 0 spiro atoms. The van der Waals surface area contributed by atoms with Crippen molar-refractivity contribution in [3.63, 3.8) is 0 Å². The molecule has 0 aliphatic heterocycles. The summed E-state index contributed by atoms with van der Waals surface area (Å²) in [4.78, 5) is 15.5. The van der Waals surface area contributed by atoms with Gasteiger partial charge in [-0.05, 0) is 63.2 Å². The third-order valence-electron chi connectivity index (χ3n) is 3.91. The normalized spacial score (nSPS) is 11.0. The monoisotopic (exact) mass is 376 g/mol. The fourth-order valence-electron chi connectivity index (χ4n) is 2.73. The van der Waals surface area contributed by atoms with E-state index in [4.69, 9.17) is 11.6 Å². The second-order valence-corrected chi connectivity index (χ2v) is 7.97. The molecule has 0 atom stereocenters. The minimum absolute atomic E-state index is 0.0223. The summed E-state index contributed by atoms with van der Waals surface area (Å²) in [6, 6.07) is 12.0. The average Bonchev–Trinajstić information content (AvgIpc) is 2.52. The first-order valence-corrected chi connectivity index (χ1v) is 9.66. The lowest BCUT2D eigenvalue weighted by atomic mass is 10.1. The third-order valence-corrected chi connectivity index (χ3v) is 5.15. The number of nitrogens with zero attached hydrogens (tertiary/aromatic N) is 1. The Labute approximate surface area is 159 Å². The van der Waals surface area contributed by atoms with E-state index < -0.39 is 0 Å². The first-order chi connectivity index (χ1) is 11.8. The standard InChI is InChI=1S/C20H25ClN2OS/c1-14-11-15(2)20(16(3)12-14)22-19(24)13-23(4)9-10-25-18-7-5-17(21)6-8-18/h5-8,11-12H,9-10,13H2,1-4H3,(H,22,24). The molecule has 2 aromatic carbocycles. The Morgan fingerprint density at radius 2 is 1.72 bits per heavy atom. The van der Waals surface area contributed by atoms with Gasteiger partial charge in [0, 0.05) is 27.9 Å². The van der Waals surface area contributed by atoms with Crippen LogP contribution in [0.15, 0.2) is 41.3 Å². The van der Waals surface area contributed by atoms with Crippen LogP contribution < -0.4 is 5.32 Å². The molecule has 5 heteroatoms. The second kappa shape index (κ2) is 9.27. The highest BCUT2D eigenvalue weighted by molar-refractivity contribution is 7.99. The minimum Gasteiger partial charge on any atom is -0.324 e. The molecule has 0 fully saturated rings. The molecule has 0 saturated carbocycles. The van der Waals surface area contributed by atoms with Gasteiger partial charge in [-0.3, -0.25) is 9.69 Å². The Morgan fingerprint density at radius 3 is 2.32 bits per heavy atom. The van der Waals surface area contributed by atoms with Crippen LogP contribution in [-0.2, 0) is 4.79 Å². The van der Waals surface area contributed by atoms with Gasteiger partial charge < -0.3 is 5.32 Å². The zero-order chi connectivity index (χ0) is 18.4. The Kier molecular flexibility index (Phi) is 7.36. The van der Waals surface area contributed by atoms with Gasteiger partial charge in [-0.2, -0.15) is 0 Å². The van der Waals surface area contributed by atoms with Crippen molar-refractivity contribution >= 4 is 35.0 Å². The maximum Gasteiger partial charge on any atom is 0.238 e. The van der Waals surface area contributed by atoms with Gasteiger partial charge in [0.15, 0.2) is 0 Å². The molecule has 0 bridgehead atoms. The Bertz CT molecular complexity index is 708. The largest absolute Gasteiger partial charge is 0.324 e. The number of aryl methyl sites for hydroxylation is 3. The van der Waals surface area contributed by atoms with E-state index in [2.05, 4.69) is 24.4 Å². The average molecular weight is 377 g/mol. The van der Waals surface area contributed by atoms with Crippen molar-refractivity contribution in [2.24, 2.45) is 0 Å². The summed E-state index contributed by atoms with van der Waals surface area (Å²) in [6.07, 6.45) is 0. The van der Waals surface area contributed by atoms with Crippen LogP contribution >= 0.6 is 23.4 Å². The van der Waals surface area contributed by atoms with Crippen molar-refractivity contribution in [1.29, 1.82) is 0 Å². The van der Waals surface area contributed by atoms with E-state index in [1.54, 1.807) is 11.8 Å². The van der Waals surface area contributed by atoms with Crippen LogP contribution in [0.25, 0.3) is 0 Å². The lowest BCUT2D eigenvalue weighted by Gasteiger charge is -2.18. The van der Waals surface area contributed by atoms with E-state index in [0.29, 0.717) is 6.54 Å². The zero-order valence-corrected chi connectivity index (χ0v) is 16.8. The summed E-state index contributed by atoms with van der Waals surface area (Å²) in [7, 11) is 1.97. The molecule has 0 aliphatic carbocycles. The molecule has 1 amide bonds. The number of nitrogens with one attached hydrogen (secondary N) is 1. The van der Waals surface area contributed by atoms with Gasteiger partial charge in [-0.1, -0.05) is 29.3 Å². The summed E-state index contributed by atoms with van der Waals surface area (Å²) in [5.41, 5.74) is 4.35. The van der Waals surface area contributed by atoms with E-state index in [9.17, 15) is 4.79 Å². The van der Waals surface area contributed by atoms with Crippen LogP contribution in [0.3, 0.4) is 0 Å². The maximum absolute atomic E-state index is 12.3. The lowest BCUT2D eigenvalue weighted by molar-refractivity contribution is -0.117. The number of anilines is 1. The lowest BCUT2D eigenvalue weighted by Crippen LogP contribution is -2.32. The molecular weight excluding hydrogens is 352 g/mol. The molecule has 0 aliphatic rings. The van der Waals surface area contributed by atoms with Crippen molar-refractivity contribution in [1.82, 2.24) is 4.90 Å². The molecule has 2 rings (SSSR count). The smallest absolute Gasteiger partial charge is 0.238 e. The minimum atomic E-state index is 0.0223. The van der Waals surface area contributed by atoms with Crippen LogP contribution in [0.1, 0.15) is 16.7 Å². The van der Waals surface area contributed by atoms with E-state index in [1.807, 2.05) is 50.1 Å². The number of carbonyl (C=O) groups is 1. The zero-order valence-electron chi connectivity index (χ0n) is 15.2. The fourth-order valence-corrected chi connectivity index (χ4v) is 3.82. The first kappa shape index (κ1) is 19.8. The summed E-state index contributed by atoms with van der Waals surface area (Å²) in [6.45, 7) is 7.35. The first-order valence-electron chi connectivity index (χ1n) is 8.30. The maximum atomic E-state index is 12.3. The van der Waals surface area contributed by atoms with Crippen LogP contribution in [0.5, 0.6) is 0 Å².